The van der Waals surface area contributed by atoms with Crippen molar-refractivity contribution in [1.29, 1.82) is 0 Å². The van der Waals surface area contributed by atoms with E-state index >= 15 is 0 Å². The summed E-state index contributed by atoms with van der Waals surface area (Å²) in [6.07, 6.45) is 5.54. The summed E-state index contributed by atoms with van der Waals surface area (Å²) in [5.41, 5.74) is 0.335. The van der Waals surface area contributed by atoms with E-state index in [1.165, 1.54) is 11.3 Å². The first-order chi connectivity index (χ1) is 14.0. The minimum atomic E-state index is -4.68. The van der Waals surface area contributed by atoms with Gasteiger partial charge in [-0.05, 0) is 49.4 Å². The maximum Gasteiger partial charge on any atom is 0.296 e. The van der Waals surface area contributed by atoms with Crippen molar-refractivity contribution in [3.8, 4) is 10.6 Å². The highest BCUT2D eigenvalue weighted by Crippen LogP contribution is 2.27. The quantitative estimate of drug-likeness (QED) is 0.562. The lowest BCUT2D eigenvalue weighted by molar-refractivity contribution is 0.478. The molecule has 3 rings (SSSR count). The molecule has 0 aromatic heterocycles. The standard InChI is InChI=1S/C19H16N2O6S3/c1-3-4-5-15-12(2)28-18-10-13(6-8-16(18)21-15)20-17-11-14(29(22,23)24)7-9-19(17)30(25,26)27/h3-11H,2H2,1H3,(H,22,23,24)(H,25,26,27). The van der Waals surface area contributed by atoms with E-state index in [1.54, 1.807) is 18.2 Å². The minimum absolute atomic E-state index is 0.294. The molecule has 0 amide bonds. The third-order valence-electron chi connectivity index (χ3n) is 3.91. The number of fused-ring (bicyclic) bond motifs is 1. The van der Waals surface area contributed by atoms with Gasteiger partial charge in [-0.2, -0.15) is 16.8 Å². The molecule has 0 spiro atoms. The predicted octanol–water partition coefficient (Wildman–Crippen LogP) is 1.74. The van der Waals surface area contributed by atoms with Gasteiger partial charge in [0.15, 0.2) is 0 Å². The Kier molecular flexibility index (Phi) is 6.01. The molecule has 1 heterocycles. The molecular formula is C19H16N2O6S3. The van der Waals surface area contributed by atoms with Crippen LogP contribution in [0.25, 0.3) is 23.2 Å². The molecule has 2 aliphatic rings. The average molecular weight is 465 g/mol. The zero-order valence-electron chi connectivity index (χ0n) is 15.5. The Balaban J connectivity index is 2.27. The first kappa shape index (κ1) is 22.0. The van der Waals surface area contributed by atoms with E-state index in [0.717, 1.165) is 23.1 Å². The number of allylic oxidation sites excluding steroid dienone is 2. The Bertz CT molecular complexity index is 1520. The fraction of sp³-hybridized carbons (Fsp3) is 0.0526. The second kappa shape index (κ2) is 8.20. The van der Waals surface area contributed by atoms with Gasteiger partial charge in [0.2, 0.25) is 0 Å². The summed E-state index contributed by atoms with van der Waals surface area (Å²) in [4.78, 5) is 8.25. The van der Waals surface area contributed by atoms with E-state index < -0.39 is 30.0 Å². The third-order valence-corrected chi connectivity index (χ3v) is 6.66. The molecule has 0 unspecified atom stereocenters. The van der Waals surface area contributed by atoms with Crippen LogP contribution in [0.15, 0.2) is 63.3 Å². The summed E-state index contributed by atoms with van der Waals surface area (Å²) in [6, 6.07) is 7.47. The molecule has 1 aliphatic heterocycles. The molecule has 0 atom stereocenters. The Labute approximate surface area is 176 Å². The summed E-state index contributed by atoms with van der Waals surface area (Å²) in [7, 11) is -9.27. The lowest BCUT2D eigenvalue weighted by Crippen LogP contribution is -2.25. The first-order valence-corrected chi connectivity index (χ1v) is 12.1. The number of nitrogens with zero attached hydrogens (tertiary/aromatic N) is 2. The molecule has 2 N–H and O–H groups in total. The van der Waals surface area contributed by atoms with Crippen LogP contribution in [0.2, 0.25) is 0 Å². The van der Waals surface area contributed by atoms with Crippen LogP contribution in [0.1, 0.15) is 6.92 Å². The van der Waals surface area contributed by atoms with Crippen molar-refractivity contribution in [2.24, 2.45) is 4.99 Å². The first-order valence-electron chi connectivity index (χ1n) is 8.36. The maximum absolute atomic E-state index is 11.6. The van der Waals surface area contributed by atoms with E-state index in [1.807, 2.05) is 25.2 Å². The molecule has 156 valence electrons. The van der Waals surface area contributed by atoms with Gasteiger partial charge in [-0.1, -0.05) is 18.7 Å². The van der Waals surface area contributed by atoms with E-state index in [4.69, 9.17) is 0 Å². The highest BCUT2D eigenvalue weighted by Gasteiger charge is 2.19. The summed E-state index contributed by atoms with van der Waals surface area (Å²) < 4.78 is 65.5. The SMILES string of the molecule is C=c1sc2cc(=Nc3cc(S(=O)(=O)O)ccc3S(=O)(=O)O)ccc-2nc1=CC=CC. The van der Waals surface area contributed by atoms with Crippen molar-refractivity contribution in [2.45, 2.75) is 16.7 Å². The van der Waals surface area contributed by atoms with E-state index in [2.05, 4.69) is 16.6 Å². The summed E-state index contributed by atoms with van der Waals surface area (Å²) in [5.74, 6) is 0. The number of rotatable bonds is 4. The molecule has 0 saturated heterocycles. The van der Waals surface area contributed by atoms with Gasteiger partial charge >= 0.3 is 0 Å². The predicted molar refractivity (Wildman–Crippen MR) is 114 cm³/mol. The molecule has 1 aromatic rings. The van der Waals surface area contributed by atoms with Gasteiger partial charge in [0.1, 0.15) is 4.90 Å². The van der Waals surface area contributed by atoms with E-state index in [-0.39, 0.29) is 5.69 Å². The fourth-order valence-corrected chi connectivity index (χ4v) is 4.53. The largest absolute Gasteiger partial charge is 0.296 e. The summed E-state index contributed by atoms with van der Waals surface area (Å²) >= 11 is 1.36. The molecule has 1 aliphatic carbocycles. The lowest BCUT2D eigenvalue weighted by atomic mass is 10.2. The second-order valence-corrected chi connectivity index (χ2v) is 10.0. The molecule has 30 heavy (non-hydrogen) atoms. The van der Waals surface area contributed by atoms with Gasteiger partial charge in [0.05, 0.1) is 31.9 Å². The molecule has 0 radical (unpaired) electrons. The normalized spacial score (nSPS) is 14.1. The van der Waals surface area contributed by atoms with Crippen molar-refractivity contribution >= 4 is 49.9 Å². The zero-order chi connectivity index (χ0) is 22.1. The van der Waals surface area contributed by atoms with Gasteiger partial charge in [-0.3, -0.25) is 9.11 Å². The van der Waals surface area contributed by atoms with Crippen LogP contribution in [0.4, 0.5) is 5.69 Å². The smallest absolute Gasteiger partial charge is 0.282 e. The van der Waals surface area contributed by atoms with Crippen LogP contribution in [-0.2, 0) is 20.2 Å². The monoisotopic (exact) mass is 464 g/mol. The zero-order valence-corrected chi connectivity index (χ0v) is 18.0. The van der Waals surface area contributed by atoms with Crippen LogP contribution < -0.4 is 15.2 Å². The molecule has 8 nitrogen and oxygen atoms in total. The van der Waals surface area contributed by atoms with Gasteiger partial charge < -0.3 is 0 Å². The number of benzene rings is 2. The maximum atomic E-state index is 11.6. The highest BCUT2D eigenvalue weighted by atomic mass is 32.2. The topological polar surface area (TPSA) is 134 Å². The van der Waals surface area contributed by atoms with E-state index in [9.17, 15) is 25.9 Å². The molecule has 0 saturated carbocycles. The molecular weight excluding hydrogens is 448 g/mol. The third kappa shape index (κ3) is 4.89. The van der Waals surface area contributed by atoms with Crippen molar-refractivity contribution in [3.05, 3.63) is 63.8 Å². The van der Waals surface area contributed by atoms with Gasteiger partial charge in [0, 0.05) is 4.53 Å². The average Bonchev–Trinajstić information content (AvgIpc) is 2.64. The molecule has 1 aromatic carbocycles. The number of hydrogen-bond acceptors (Lipinski definition) is 7. The Morgan fingerprint density at radius 3 is 2.43 bits per heavy atom. The Hall–Kier alpha value is -2.70. The second-order valence-electron chi connectivity index (χ2n) is 6.06. The van der Waals surface area contributed by atoms with Gasteiger partial charge in [-0.25, -0.2) is 9.98 Å². The highest BCUT2D eigenvalue weighted by molar-refractivity contribution is 7.86. The molecule has 0 fully saturated rings. The minimum Gasteiger partial charge on any atom is -0.282 e. The van der Waals surface area contributed by atoms with Crippen LogP contribution >= 0.6 is 11.3 Å². The molecule has 11 heteroatoms. The fourth-order valence-electron chi connectivity index (χ4n) is 2.54. The van der Waals surface area contributed by atoms with Gasteiger partial charge in [0.25, 0.3) is 20.2 Å². The number of hydrogen-bond donors (Lipinski definition) is 2. The Morgan fingerprint density at radius 1 is 1.07 bits per heavy atom. The van der Waals surface area contributed by atoms with Crippen molar-refractivity contribution < 1.29 is 25.9 Å². The Morgan fingerprint density at radius 2 is 1.80 bits per heavy atom. The van der Waals surface area contributed by atoms with Crippen molar-refractivity contribution in [3.63, 3.8) is 0 Å². The lowest BCUT2D eigenvalue weighted by Gasteiger charge is -2.06. The summed E-state index contributed by atoms with van der Waals surface area (Å²) in [6.45, 7) is 5.86. The molecule has 0 bridgehead atoms. The van der Waals surface area contributed by atoms with Crippen LogP contribution in [0.3, 0.4) is 0 Å². The van der Waals surface area contributed by atoms with Crippen molar-refractivity contribution in [2.75, 3.05) is 0 Å². The number of aromatic nitrogens is 1. The van der Waals surface area contributed by atoms with Crippen LogP contribution in [0, 0.1) is 0 Å². The van der Waals surface area contributed by atoms with Crippen molar-refractivity contribution in [1.82, 2.24) is 4.98 Å². The van der Waals surface area contributed by atoms with Crippen LogP contribution in [-0.4, -0.2) is 30.9 Å². The van der Waals surface area contributed by atoms with Gasteiger partial charge in [-0.15, -0.1) is 11.3 Å². The summed E-state index contributed by atoms with van der Waals surface area (Å²) in [5, 5.41) is 1.01. The van der Waals surface area contributed by atoms with Crippen LogP contribution in [0.5, 0.6) is 0 Å². The van der Waals surface area contributed by atoms with E-state index in [0.29, 0.717) is 20.9 Å².